The lowest BCUT2D eigenvalue weighted by Crippen LogP contribution is -2.34. The summed E-state index contributed by atoms with van der Waals surface area (Å²) in [7, 11) is 0. The first-order chi connectivity index (χ1) is 9.06. The molecule has 1 aromatic rings. The van der Waals surface area contributed by atoms with E-state index in [1.165, 1.54) is 12.1 Å². The fourth-order valence-electron chi connectivity index (χ4n) is 1.63. The molecule has 0 saturated carbocycles. The first-order valence-corrected chi connectivity index (χ1v) is 6.52. The van der Waals surface area contributed by atoms with Gasteiger partial charge >= 0.3 is 0 Å². The predicted octanol–water partition coefficient (Wildman–Crippen LogP) is 2.12. The molecule has 0 aliphatic carbocycles. The fraction of sp³-hybridized carbons (Fsp3) is 0.462. The topological polar surface area (TPSA) is 52.6 Å². The number of likely N-dealkylation sites (N-methyl/N-ethyl adjacent to an activating group) is 1. The van der Waals surface area contributed by atoms with E-state index in [9.17, 15) is 9.18 Å². The molecule has 0 aromatic heterocycles. The van der Waals surface area contributed by atoms with Crippen LogP contribution in [0.2, 0.25) is 5.02 Å². The molecule has 0 unspecified atom stereocenters. The first kappa shape index (κ1) is 15.9. The number of hydrogen-bond donors (Lipinski definition) is 2. The molecule has 1 aromatic carbocycles. The molecule has 0 bridgehead atoms. The van der Waals surface area contributed by atoms with Gasteiger partial charge in [-0.2, -0.15) is 0 Å². The maximum atomic E-state index is 12.9. The molecule has 0 radical (unpaired) electrons. The Morgan fingerprint density at radius 2 is 2.26 bits per heavy atom. The van der Waals surface area contributed by atoms with Gasteiger partial charge < -0.3 is 10.4 Å². The van der Waals surface area contributed by atoms with Crippen molar-refractivity contribution < 1.29 is 14.3 Å². The number of aliphatic hydroxyl groups is 1. The minimum Gasteiger partial charge on any atom is -0.396 e. The molecule has 0 heterocycles. The van der Waals surface area contributed by atoms with Crippen LogP contribution in [0.25, 0.3) is 0 Å². The Balaban J connectivity index is 2.54. The van der Waals surface area contributed by atoms with E-state index in [2.05, 4.69) is 5.32 Å². The lowest BCUT2D eigenvalue weighted by molar-refractivity contribution is -0.117. The van der Waals surface area contributed by atoms with Crippen LogP contribution in [0.15, 0.2) is 18.2 Å². The van der Waals surface area contributed by atoms with Gasteiger partial charge in [0.25, 0.3) is 0 Å². The summed E-state index contributed by atoms with van der Waals surface area (Å²) in [5, 5.41) is 11.6. The third-order valence-electron chi connectivity index (χ3n) is 2.65. The van der Waals surface area contributed by atoms with Gasteiger partial charge in [0.1, 0.15) is 5.82 Å². The van der Waals surface area contributed by atoms with Crippen LogP contribution >= 0.6 is 11.6 Å². The van der Waals surface area contributed by atoms with E-state index in [4.69, 9.17) is 16.7 Å². The highest BCUT2D eigenvalue weighted by atomic mass is 35.5. The Labute approximate surface area is 117 Å². The molecule has 0 aliphatic rings. The normalized spacial score (nSPS) is 10.8. The van der Waals surface area contributed by atoms with Crippen molar-refractivity contribution in [2.75, 3.05) is 31.6 Å². The number of amides is 1. The second-order valence-electron chi connectivity index (χ2n) is 4.12. The Kier molecular flexibility index (Phi) is 6.77. The number of aliphatic hydroxyl groups excluding tert-OH is 1. The summed E-state index contributed by atoms with van der Waals surface area (Å²) in [6, 6.07) is 3.82. The maximum Gasteiger partial charge on any atom is 0.238 e. The molecule has 0 aliphatic heterocycles. The van der Waals surface area contributed by atoms with Gasteiger partial charge in [0, 0.05) is 13.2 Å². The van der Waals surface area contributed by atoms with E-state index in [0.717, 1.165) is 6.07 Å². The molecular formula is C13H18ClFN2O2. The molecule has 0 saturated heterocycles. The summed E-state index contributed by atoms with van der Waals surface area (Å²) in [4.78, 5) is 13.7. The highest BCUT2D eigenvalue weighted by molar-refractivity contribution is 6.33. The summed E-state index contributed by atoms with van der Waals surface area (Å²) in [5.41, 5.74) is 0.395. The predicted molar refractivity (Wildman–Crippen MR) is 73.9 cm³/mol. The lowest BCUT2D eigenvalue weighted by Gasteiger charge is -2.19. The van der Waals surface area contributed by atoms with Gasteiger partial charge in [-0.25, -0.2) is 4.39 Å². The van der Waals surface area contributed by atoms with Crippen LogP contribution < -0.4 is 5.32 Å². The number of hydrogen-bond acceptors (Lipinski definition) is 3. The van der Waals surface area contributed by atoms with Crippen molar-refractivity contribution in [3.05, 3.63) is 29.0 Å². The summed E-state index contributed by atoms with van der Waals surface area (Å²) < 4.78 is 12.9. The van der Waals surface area contributed by atoms with Crippen LogP contribution in [0.3, 0.4) is 0 Å². The van der Waals surface area contributed by atoms with E-state index in [1.807, 2.05) is 11.8 Å². The van der Waals surface area contributed by atoms with E-state index in [1.54, 1.807) is 0 Å². The van der Waals surface area contributed by atoms with Crippen molar-refractivity contribution in [1.82, 2.24) is 4.90 Å². The monoisotopic (exact) mass is 288 g/mol. The van der Waals surface area contributed by atoms with Gasteiger partial charge in [-0.3, -0.25) is 9.69 Å². The molecule has 106 valence electrons. The Bertz CT molecular complexity index is 429. The van der Waals surface area contributed by atoms with Gasteiger partial charge in [0.2, 0.25) is 5.91 Å². The second-order valence-corrected chi connectivity index (χ2v) is 4.53. The van der Waals surface area contributed by atoms with Crippen LogP contribution in [-0.2, 0) is 4.79 Å². The van der Waals surface area contributed by atoms with Crippen LogP contribution in [0.5, 0.6) is 0 Å². The van der Waals surface area contributed by atoms with Crippen molar-refractivity contribution in [1.29, 1.82) is 0 Å². The van der Waals surface area contributed by atoms with Crippen molar-refractivity contribution >= 4 is 23.2 Å². The molecule has 0 fully saturated rings. The molecule has 0 atom stereocenters. The van der Waals surface area contributed by atoms with Gasteiger partial charge in [-0.1, -0.05) is 18.5 Å². The third kappa shape index (κ3) is 5.55. The number of benzene rings is 1. The van der Waals surface area contributed by atoms with Crippen molar-refractivity contribution in [2.45, 2.75) is 13.3 Å². The van der Waals surface area contributed by atoms with Gasteiger partial charge in [-0.05, 0) is 31.2 Å². The zero-order chi connectivity index (χ0) is 14.3. The molecule has 1 rings (SSSR count). The molecular weight excluding hydrogens is 271 g/mol. The largest absolute Gasteiger partial charge is 0.396 e. The maximum absolute atomic E-state index is 12.9. The Morgan fingerprint density at radius 3 is 2.84 bits per heavy atom. The van der Waals surface area contributed by atoms with E-state index in [-0.39, 0.29) is 24.1 Å². The Hall–Kier alpha value is -1.17. The van der Waals surface area contributed by atoms with Crippen LogP contribution in [-0.4, -0.2) is 42.2 Å². The smallest absolute Gasteiger partial charge is 0.238 e. The van der Waals surface area contributed by atoms with Crippen molar-refractivity contribution in [3.63, 3.8) is 0 Å². The molecule has 19 heavy (non-hydrogen) atoms. The highest BCUT2D eigenvalue weighted by Crippen LogP contribution is 2.22. The number of nitrogens with one attached hydrogen (secondary N) is 1. The summed E-state index contributed by atoms with van der Waals surface area (Å²) >= 11 is 5.83. The van der Waals surface area contributed by atoms with Gasteiger partial charge in [-0.15, -0.1) is 0 Å². The number of anilines is 1. The van der Waals surface area contributed by atoms with Gasteiger partial charge in [0.05, 0.1) is 17.3 Å². The van der Waals surface area contributed by atoms with Gasteiger partial charge in [0.15, 0.2) is 0 Å². The van der Waals surface area contributed by atoms with E-state index in [0.29, 0.717) is 25.2 Å². The zero-order valence-corrected chi connectivity index (χ0v) is 11.6. The minimum absolute atomic E-state index is 0.0991. The average molecular weight is 289 g/mol. The molecule has 4 nitrogen and oxygen atoms in total. The molecule has 2 N–H and O–H groups in total. The first-order valence-electron chi connectivity index (χ1n) is 6.15. The SMILES string of the molecule is CCN(CCCO)CC(=O)Nc1ccc(F)cc1Cl. The summed E-state index contributed by atoms with van der Waals surface area (Å²) in [6.07, 6.45) is 0.623. The van der Waals surface area contributed by atoms with Crippen LogP contribution in [0.4, 0.5) is 10.1 Å². The van der Waals surface area contributed by atoms with E-state index < -0.39 is 5.82 Å². The van der Waals surface area contributed by atoms with Crippen LogP contribution in [0.1, 0.15) is 13.3 Å². The van der Waals surface area contributed by atoms with Crippen LogP contribution in [0, 0.1) is 5.82 Å². The Morgan fingerprint density at radius 1 is 1.53 bits per heavy atom. The molecule has 6 heteroatoms. The molecule has 0 spiro atoms. The number of halogens is 2. The minimum atomic E-state index is -0.443. The highest BCUT2D eigenvalue weighted by Gasteiger charge is 2.10. The quantitative estimate of drug-likeness (QED) is 0.808. The number of carbonyl (C=O) groups is 1. The lowest BCUT2D eigenvalue weighted by atomic mass is 10.3. The zero-order valence-electron chi connectivity index (χ0n) is 10.8. The fourth-order valence-corrected chi connectivity index (χ4v) is 1.84. The second kappa shape index (κ2) is 8.09. The number of rotatable bonds is 7. The summed E-state index contributed by atoms with van der Waals surface area (Å²) in [5.74, 6) is -0.658. The summed E-state index contributed by atoms with van der Waals surface area (Å²) in [6.45, 7) is 3.61. The average Bonchev–Trinajstić information content (AvgIpc) is 2.38. The van der Waals surface area contributed by atoms with Crippen molar-refractivity contribution in [2.24, 2.45) is 0 Å². The molecule has 1 amide bonds. The van der Waals surface area contributed by atoms with Crippen molar-refractivity contribution in [3.8, 4) is 0 Å². The standard InChI is InChI=1S/C13H18ClFN2O2/c1-2-17(6-3-7-18)9-13(19)16-12-5-4-10(15)8-11(12)14/h4-5,8,18H,2-3,6-7,9H2,1H3,(H,16,19). The van der Waals surface area contributed by atoms with E-state index >= 15 is 0 Å². The third-order valence-corrected chi connectivity index (χ3v) is 2.96. The number of carbonyl (C=O) groups excluding carboxylic acids is 1. The number of nitrogens with zero attached hydrogens (tertiary/aromatic N) is 1.